The average molecular weight is 1530 g/mol. The second kappa shape index (κ2) is 76.0. The summed E-state index contributed by atoms with van der Waals surface area (Å²) in [5, 5.41) is 0. The number of rotatable bonds is 65. The van der Waals surface area contributed by atoms with E-state index in [0.29, 0.717) is 40.9 Å². The summed E-state index contributed by atoms with van der Waals surface area (Å²) in [6.07, 6.45) is 166. The summed E-state index contributed by atoms with van der Waals surface area (Å²) in [7, 11) is 0. The summed E-state index contributed by atoms with van der Waals surface area (Å²) in [4.78, 5) is 0. The van der Waals surface area contributed by atoms with Gasteiger partial charge in [-0.25, -0.2) is 0 Å². The molecule has 0 aromatic rings. The molecule has 0 N–H and O–H groups in total. The quantitative estimate of drug-likeness (QED) is 0.0421. The van der Waals surface area contributed by atoms with Crippen molar-refractivity contribution in [3.8, 4) is 0 Å². The molecule has 0 amide bonds. The van der Waals surface area contributed by atoms with Crippen LogP contribution >= 0.6 is 0 Å². The Morgan fingerprint density at radius 3 is 0.860 bits per heavy atom. The fourth-order valence-electron chi connectivity index (χ4n) is 17.3. The first-order valence-corrected chi connectivity index (χ1v) is 45.5. The van der Waals surface area contributed by atoms with Gasteiger partial charge in [-0.15, -0.1) is 0 Å². The van der Waals surface area contributed by atoms with Crippen molar-refractivity contribution in [1.29, 1.82) is 0 Å². The Morgan fingerprint density at radius 1 is 0.263 bits per heavy atom. The van der Waals surface area contributed by atoms with Gasteiger partial charge < -0.3 is 0 Å². The lowest BCUT2D eigenvalue weighted by atomic mass is 9.49. The van der Waals surface area contributed by atoms with Crippen LogP contribution < -0.4 is 0 Å². The van der Waals surface area contributed by atoms with Crippen LogP contribution in [0.15, 0.2) is 389 Å². The van der Waals surface area contributed by atoms with E-state index in [1.165, 1.54) is 141 Å². The van der Waals surface area contributed by atoms with Crippen molar-refractivity contribution in [1.82, 2.24) is 0 Å². The lowest BCUT2D eigenvalue weighted by Crippen LogP contribution is -2.48. The Balaban J connectivity index is 3.49. The first-order valence-electron chi connectivity index (χ1n) is 45.5. The van der Waals surface area contributed by atoms with Gasteiger partial charge >= 0.3 is 0 Å². The van der Waals surface area contributed by atoms with Gasteiger partial charge in [0, 0.05) is 0 Å². The van der Waals surface area contributed by atoms with Crippen molar-refractivity contribution < 1.29 is 0 Å². The third-order valence-corrected chi connectivity index (χ3v) is 22.2. The SMILES string of the molecule is CCC=CC=CC=CC=CC=CC=CC=CC=CC=CC=CC=CC=CC=CC=CC=CC=CC(C(CCC)C(C)C)C(CCC)C(CCC)(CCCC)C(CCC)C(CCCCC)C(CC)C1C(CCC)C1(CCCC)C(C=CC=CC=CC=CC=CC=CC=CC=CC=CC=CC=CC=CC=CC=CC=CC=CCC)CC. The zero-order chi connectivity index (χ0) is 83.0. The van der Waals surface area contributed by atoms with Crippen molar-refractivity contribution in [2.45, 2.75) is 251 Å². The summed E-state index contributed by atoms with van der Waals surface area (Å²) in [6, 6.07) is 0. The molecule has 1 fully saturated rings. The molecular formula is C114H164. The minimum Gasteiger partial charge on any atom is -0.0848 e. The minimum atomic E-state index is 0.270. The lowest BCUT2D eigenvalue weighted by Gasteiger charge is -2.55. The van der Waals surface area contributed by atoms with Crippen LogP contribution in [0, 0.1) is 70.0 Å². The van der Waals surface area contributed by atoms with E-state index in [2.05, 4.69) is 285 Å². The Bertz CT molecular complexity index is 3400. The standard InChI is InChI=1S/C114H164/c1-15-27-32-34-36-38-40-42-44-46-48-50-52-54-56-58-60-62-64-66-68-70-72-74-76-78-80-82-84-86-88-91-97-104(25-11)114(102-31-19-5)111(96-23-9)112(114)105(26-12)107(98-90-29-17-3)109(94-21-7)113(100-24-10,101-30-18-4)110(95-22-8)108(106(93-20-6)103(13)14)99-92-89-87-85-83-81-79-77-75-73-71-69-67-65-63-61-59-57-55-53-51-49-47-45-43-41-39-37-35-33-28-16-2/h27-28,32-89,91-92,97,99,103-112H,15-26,29-31,90,93-96,98,100-102H2,1-14H3. The summed E-state index contributed by atoms with van der Waals surface area (Å²) < 4.78 is 0. The number of allylic oxidation sites excluding steroid dienone is 64. The Hall–Kier alpha value is -8.32. The first kappa shape index (κ1) is 104. The minimum absolute atomic E-state index is 0.270. The Labute approximate surface area is 705 Å². The van der Waals surface area contributed by atoms with Crippen LogP contribution in [0.5, 0.6) is 0 Å². The molecular weight excluding hydrogens is 1370 g/mol. The molecule has 11 unspecified atom stereocenters. The van der Waals surface area contributed by atoms with Gasteiger partial charge in [0.05, 0.1) is 0 Å². The topological polar surface area (TPSA) is 0 Å². The normalized spacial score (nSPS) is 19.9. The van der Waals surface area contributed by atoms with Crippen LogP contribution in [-0.4, -0.2) is 0 Å². The molecule has 0 spiro atoms. The van der Waals surface area contributed by atoms with E-state index in [0.717, 1.165) is 36.5 Å². The van der Waals surface area contributed by atoms with Crippen LogP contribution in [0.3, 0.4) is 0 Å². The highest BCUT2D eigenvalue weighted by atomic mass is 14.7. The smallest absolute Gasteiger partial charge is 0.0166 e. The predicted octanol–water partition coefficient (Wildman–Crippen LogP) is 35.6. The molecule has 1 rings (SSSR count). The molecule has 1 aliphatic carbocycles. The second-order valence-electron chi connectivity index (χ2n) is 30.8. The maximum atomic E-state index is 2.76. The molecule has 114 heavy (non-hydrogen) atoms. The summed E-state index contributed by atoms with van der Waals surface area (Å²) in [6.45, 7) is 34.5. The van der Waals surface area contributed by atoms with Crippen LogP contribution in [0.4, 0.5) is 0 Å². The molecule has 0 radical (unpaired) electrons. The monoisotopic (exact) mass is 1530 g/mol. The third-order valence-electron chi connectivity index (χ3n) is 22.2. The van der Waals surface area contributed by atoms with Gasteiger partial charge in [0.2, 0.25) is 0 Å². The number of hydrogen-bond donors (Lipinski definition) is 0. The van der Waals surface area contributed by atoms with Crippen molar-refractivity contribution in [2.75, 3.05) is 0 Å². The molecule has 1 aliphatic rings. The maximum absolute atomic E-state index is 2.76. The fourth-order valence-corrected chi connectivity index (χ4v) is 17.3. The first-order chi connectivity index (χ1) is 56.2. The van der Waals surface area contributed by atoms with Crippen molar-refractivity contribution in [3.05, 3.63) is 389 Å². The predicted molar refractivity (Wildman–Crippen MR) is 522 cm³/mol. The summed E-state index contributed by atoms with van der Waals surface area (Å²) >= 11 is 0. The fraction of sp³-hybridized carbons (Fsp3) is 0.439. The van der Waals surface area contributed by atoms with Crippen molar-refractivity contribution in [3.63, 3.8) is 0 Å². The van der Waals surface area contributed by atoms with Gasteiger partial charge in [0.1, 0.15) is 0 Å². The van der Waals surface area contributed by atoms with Gasteiger partial charge in [-0.1, -0.05) is 569 Å². The largest absolute Gasteiger partial charge is 0.0848 e. The zero-order valence-electron chi connectivity index (χ0n) is 74.7. The molecule has 0 aliphatic heterocycles. The lowest BCUT2D eigenvalue weighted by molar-refractivity contribution is -0.0569. The zero-order valence-corrected chi connectivity index (χ0v) is 74.7. The highest BCUT2D eigenvalue weighted by molar-refractivity contribution is 5.29. The van der Waals surface area contributed by atoms with Gasteiger partial charge in [-0.05, 0) is 141 Å². The number of hydrogen-bond acceptors (Lipinski definition) is 0. The number of unbranched alkanes of at least 4 members (excludes halogenated alkanes) is 4. The van der Waals surface area contributed by atoms with Gasteiger partial charge in [-0.3, -0.25) is 0 Å². The van der Waals surface area contributed by atoms with Crippen molar-refractivity contribution in [2.24, 2.45) is 70.0 Å². The van der Waals surface area contributed by atoms with Gasteiger partial charge in [-0.2, -0.15) is 0 Å². The van der Waals surface area contributed by atoms with E-state index in [1.807, 2.05) is 201 Å². The molecule has 0 aromatic heterocycles. The van der Waals surface area contributed by atoms with Gasteiger partial charge in [0.25, 0.3) is 0 Å². The Morgan fingerprint density at radius 2 is 0.579 bits per heavy atom. The van der Waals surface area contributed by atoms with E-state index < -0.39 is 0 Å². The highest BCUT2D eigenvalue weighted by Gasteiger charge is 2.68. The molecule has 11 atom stereocenters. The van der Waals surface area contributed by atoms with E-state index in [4.69, 9.17) is 0 Å². The molecule has 0 heterocycles. The van der Waals surface area contributed by atoms with E-state index in [-0.39, 0.29) is 5.41 Å². The van der Waals surface area contributed by atoms with Crippen LogP contribution in [0.25, 0.3) is 0 Å². The second-order valence-corrected chi connectivity index (χ2v) is 30.8. The molecule has 0 heteroatoms. The van der Waals surface area contributed by atoms with Crippen LogP contribution in [-0.2, 0) is 0 Å². The summed E-state index contributed by atoms with van der Waals surface area (Å²) in [5.74, 6) is 6.74. The van der Waals surface area contributed by atoms with E-state index in [1.54, 1.807) is 0 Å². The summed E-state index contributed by atoms with van der Waals surface area (Å²) in [5.41, 5.74) is 0.626. The van der Waals surface area contributed by atoms with Crippen LogP contribution in [0.1, 0.15) is 251 Å². The maximum Gasteiger partial charge on any atom is -0.0166 e. The molecule has 620 valence electrons. The van der Waals surface area contributed by atoms with Crippen molar-refractivity contribution >= 4 is 0 Å². The van der Waals surface area contributed by atoms with E-state index in [9.17, 15) is 0 Å². The third kappa shape index (κ3) is 48.1. The van der Waals surface area contributed by atoms with Crippen LogP contribution in [0.2, 0.25) is 0 Å². The molecule has 0 saturated heterocycles. The molecule has 1 saturated carbocycles. The highest BCUT2D eigenvalue weighted by Crippen LogP contribution is 2.74. The molecule has 0 aromatic carbocycles. The average Bonchev–Trinajstić information content (AvgIpc) is 1.52. The molecule has 0 nitrogen and oxygen atoms in total. The molecule has 0 bridgehead atoms. The van der Waals surface area contributed by atoms with Gasteiger partial charge in [0.15, 0.2) is 0 Å². The Kier molecular flexibility index (Phi) is 69.1. The van der Waals surface area contributed by atoms with E-state index >= 15 is 0 Å².